The maximum absolute atomic E-state index is 9.02. The molecule has 0 saturated carbocycles. The first-order chi connectivity index (χ1) is 11.7. The van der Waals surface area contributed by atoms with E-state index in [1.54, 1.807) is 0 Å². The molecule has 0 amide bonds. The van der Waals surface area contributed by atoms with Gasteiger partial charge in [-0.1, -0.05) is 63.9 Å². The number of aliphatic hydroxyl groups excluding tert-OH is 4. The van der Waals surface area contributed by atoms with E-state index < -0.39 is 6.10 Å². The van der Waals surface area contributed by atoms with E-state index in [-0.39, 0.29) is 6.61 Å². The van der Waals surface area contributed by atoms with E-state index in [0.717, 1.165) is 51.4 Å². The molecule has 0 spiro atoms. The molecule has 1 atom stereocenters. The third-order valence-corrected chi connectivity index (χ3v) is 3.97. The second kappa shape index (κ2) is 24.8. The first kappa shape index (κ1) is 25.8. The minimum Gasteiger partial charge on any atom is -0.396 e. The van der Waals surface area contributed by atoms with Gasteiger partial charge in [0, 0.05) is 13.2 Å². The van der Waals surface area contributed by atoms with Gasteiger partial charge in [0.25, 0.3) is 0 Å². The van der Waals surface area contributed by atoms with E-state index in [9.17, 15) is 0 Å². The Morgan fingerprint density at radius 3 is 1.46 bits per heavy atom. The van der Waals surface area contributed by atoms with Gasteiger partial charge in [-0.05, 0) is 32.1 Å². The second-order valence-electron chi connectivity index (χ2n) is 6.39. The van der Waals surface area contributed by atoms with Gasteiger partial charge in [0.1, 0.15) is 0 Å². The second-order valence-corrected chi connectivity index (χ2v) is 6.39. The zero-order chi connectivity index (χ0) is 18.3. The van der Waals surface area contributed by atoms with Crippen LogP contribution in [0.1, 0.15) is 89.9 Å². The predicted molar refractivity (Wildman–Crippen MR) is 102 cm³/mol. The zero-order valence-electron chi connectivity index (χ0n) is 15.7. The molecule has 0 rings (SSSR count). The van der Waals surface area contributed by atoms with Crippen LogP contribution in [0.2, 0.25) is 0 Å². The Kier molecular flexibility index (Phi) is 26.7. The van der Waals surface area contributed by atoms with Crippen molar-refractivity contribution >= 4 is 0 Å². The van der Waals surface area contributed by atoms with E-state index in [1.807, 2.05) is 6.08 Å². The summed E-state index contributed by atoms with van der Waals surface area (Å²) in [4.78, 5) is 0. The quantitative estimate of drug-likeness (QED) is 0.237. The lowest BCUT2D eigenvalue weighted by atomic mass is 10.1. The molecule has 0 heterocycles. The van der Waals surface area contributed by atoms with Crippen LogP contribution < -0.4 is 0 Å². The lowest BCUT2D eigenvalue weighted by Gasteiger charge is -2.05. The van der Waals surface area contributed by atoms with Crippen molar-refractivity contribution in [3.8, 4) is 0 Å². The molecule has 1 unspecified atom stereocenters. The van der Waals surface area contributed by atoms with Crippen LogP contribution in [0.4, 0.5) is 0 Å². The summed E-state index contributed by atoms with van der Waals surface area (Å²) in [7, 11) is 0. The minimum absolute atomic E-state index is 0.121. The molecule has 24 heavy (non-hydrogen) atoms. The maximum atomic E-state index is 9.02. The monoisotopic (exact) mass is 346 g/mol. The molecule has 0 aliphatic carbocycles. The Balaban J connectivity index is 0. The van der Waals surface area contributed by atoms with Crippen LogP contribution in [-0.4, -0.2) is 46.4 Å². The van der Waals surface area contributed by atoms with Gasteiger partial charge in [-0.15, -0.1) is 6.58 Å². The molecule has 0 aromatic heterocycles. The van der Waals surface area contributed by atoms with E-state index in [0.29, 0.717) is 19.6 Å². The Bertz CT molecular complexity index is 222. The number of aliphatic hydroxyl groups is 4. The van der Waals surface area contributed by atoms with Gasteiger partial charge >= 0.3 is 0 Å². The number of hydrogen-bond acceptors (Lipinski definition) is 4. The van der Waals surface area contributed by atoms with Crippen molar-refractivity contribution in [3.05, 3.63) is 12.7 Å². The molecule has 0 fully saturated rings. The smallest absolute Gasteiger partial charge is 0.0770 e. The van der Waals surface area contributed by atoms with Gasteiger partial charge in [0.2, 0.25) is 0 Å². The summed E-state index contributed by atoms with van der Waals surface area (Å²) in [5.74, 6) is 0. The fraction of sp³-hybridized carbons (Fsp3) is 0.900. The van der Waals surface area contributed by atoms with Gasteiger partial charge in [0.15, 0.2) is 0 Å². The third kappa shape index (κ3) is 26.5. The molecule has 0 bridgehead atoms. The molecule has 0 saturated heterocycles. The van der Waals surface area contributed by atoms with Crippen molar-refractivity contribution in [1.82, 2.24) is 0 Å². The van der Waals surface area contributed by atoms with E-state index in [2.05, 4.69) is 6.58 Å². The number of unbranched alkanes of at least 4 members (excludes halogenated alkanes) is 11. The molecule has 4 N–H and O–H groups in total. The van der Waals surface area contributed by atoms with Crippen LogP contribution in [0.15, 0.2) is 12.7 Å². The molecular weight excluding hydrogens is 304 g/mol. The highest BCUT2D eigenvalue weighted by molar-refractivity contribution is 4.65. The van der Waals surface area contributed by atoms with Gasteiger partial charge in [-0.3, -0.25) is 0 Å². The van der Waals surface area contributed by atoms with Crippen molar-refractivity contribution < 1.29 is 20.4 Å². The average molecular weight is 347 g/mol. The average Bonchev–Trinajstić information content (AvgIpc) is 2.60. The van der Waals surface area contributed by atoms with Crippen LogP contribution in [0.5, 0.6) is 0 Å². The molecule has 0 aliphatic heterocycles. The van der Waals surface area contributed by atoms with Crippen LogP contribution in [0.25, 0.3) is 0 Å². The summed E-state index contributed by atoms with van der Waals surface area (Å²) in [5, 5.41) is 34.6. The van der Waals surface area contributed by atoms with Gasteiger partial charge in [-0.25, -0.2) is 0 Å². The highest BCUT2D eigenvalue weighted by Crippen LogP contribution is 2.08. The van der Waals surface area contributed by atoms with E-state index in [1.165, 1.54) is 32.1 Å². The molecular formula is C20H42O4. The van der Waals surface area contributed by atoms with Crippen LogP contribution in [0, 0.1) is 0 Å². The summed E-state index contributed by atoms with van der Waals surface area (Å²) in [6.07, 6.45) is 17.1. The SMILES string of the molecule is C=CCCCCCCCCO.OCCCCCCCCC(O)CO. The maximum Gasteiger partial charge on any atom is 0.0770 e. The van der Waals surface area contributed by atoms with Crippen LogP contribution >= 0.6 is 0 Å². The molecule has 146 valence electrons. The van der Waals surface area contributed by atoms with Crippen molar-refractivity contribution in [2.75, 3.05) is 19.8 Å². The van der Waals surface area contributed by atoms with Gasteiger partial charge in [0.05, 0.1) is 12.7 Å². The van der Waals surface area contributed by atoms with Crippen LogP contribution in [0.3, 0.4) is 0 Å². The highest BCUT2D eigenvalue weighted by Gasteiger charge is 2.00. The zero-order valence-corrected chi connectivity index (χ0v) is 15.7. The summed E-state index contributed by atoms with van der Waals surface area (Å²) in [6, 6.07) is 0. The first-order valence-electron chi connectivity index (χ1n) is 9.84. The Morgan fingerprint density at radius 1 is 0.625 bits per heavy atom. The fourth-order valence-corrected chi connectivity index (χ4v) is 2.40. The number of allylic oxidation sites excluding steroid dienone is 1. The van der Waals surface area contributed by atoms with Gasteiger partial charge in [-0.2, -0.15) is 0 Å². The molecule has 4 nitrogen and oxygen atoms in total. The Hall–Kier alpha value is -0.420. The topological polar surface area (TPSA) is 80.9 Å². The Labute approximate surface area is 149 Å². The summed E-state index contributed by atoms with van der Waals surface area (Å²) in [5.41, 5.74) is 0. The standard InChI is InChI=1S/C10H22O3.C10H20O/c11-8-6-4-2-1-3-5-7-10(13)9-12;1-2-3-4-5-6-7-8-9-10-11/h10-13H,1-9H2;2,11H,1,3-10H2. The van der Waals surface area contributed by atoms with Crippen molar-refractivity contribution in [2.45, 2.75) is 96.0 Å². The highest BCUT2D eigenvalue weighted by atomic mass is 16.3. The molecule has 0 aromatic carbocycles. The summed E-state index contributed by atoms with van der Waals surface area (Å²) in [6.45, 7) is 4.20. The summed E-state index contributed by atoms with van der Waals surface area (Å²) < 4.78 is 0. The minimum atomic E-state index is -0.530. The number of rotatable bonds is 17. The van der Waals surface area contributed by atoms with Gasteiger partial charge < -0.3 is 20.4 Å². The molecule has 4 heteroatoms. The molecule has 0 aromatic rings. The fourth-order valence-electron chi connectivity index (χ4n) is 2.40. The van der Waals surface area contributed by atoms with Crippen molar-refractivity contribution in [1.29, 1.82) is 0 Å². The molecule has 0 radical (unpaired) electrons. The normalized spacial score (nSPS) is 11.7. The predicted octanol–water partition coefficient (Wildman–Crippen LogP) is 3.96. The van der Waals surface area contributed by atoms with Crippen molar-refractivity contribution in [2.24, 2.45) is 0 Å². The largest absolute Gasteiger partial charge is 0.396 e. The number of hydrogen-bond donors (Lipinski definition) is 4. The summed E-state index contributed by atoms with van der Waals surface area (Å²) >= 11 is 0. The van der Waals surface area contributed by atoms with Crippen molar-refractivity contribution in [3.63, 3.8) is 0 Å². The van der Waals surface area contributed by atoms with E-state index in [4.69, 9.17) is 20.4 Å². The Morgan fingerprint density at radius 2 is 1.04 bits per heavy atom. The lowest BCUT2D eigenvalue weighted by Crippen LogP contribution is -2.10. The third-order valence-electron chi connectivity index (χ3n) is 3.97. The molecule has 0 aliphatic rings. The van der Waals surface area contributed by atoms with E-state index >= 15 is 0 Å². The lowest BCUT2D eigenvalue weighted by molar-refractivity contribution is 0.0860. The van der Waals surface area contributed by atoms with Crippen LogP contribution in [-0.2, 0) is 0 Å². The first-order valence-corrected chi connectivity index (χ1v) is 9.84.